The number of aryl methyl sites for hydroxylation is 1. The van der Waals surface area contributed by atoms with Crippen molar-refractivity contribution in [3.63, 3.8) is 0 Å². The largest absolute Gasteiger partial charge is 0.355 e. The molecule has 3 aromatic rings. The van der Waals surface area contributed by atoms with E-state index in [1.165, 1.54) is 22.3 Å². The molecule has 1 N–H and O–H groups in total. The molecule has 0 bridgehead atoms. The number of carbonyl (C=O) groups is 1. The molecule has 0 heterocycles. The van der Waals surface area contributed by atoms with Crippen molar-refractivity contribution < 1.29 is 4.79 Å². The molecule has 0 spiro atoms. The Morgan fingerprint density at radius 2 is 1.37 bits per heavy atom. The van der Waals surface area contributed by atoms with Crippen LogP contribution in [0.2, 0.25) is 0 Å². The summed E-state index contributed by atoms with van der Waals surface area (Å²) in [5, 5.41) is 3.24. The van der Waals surface area contributed by atoms with Crippen LogP contribution in [0.5, 0.6) is 0 Å². The third kappa shape index (κ3) is 4.11. The first-order valence-electron chi connectivity index (χ1n) is 9.75. The molecule has 27 heavy (non-hydrogen) atoms. The smallest absolute Gasteiger partial charge is 0.223 e. The van der Waals surface area contributed by atoms with Gasteiger partial charge in [0.05, 0.1) is 0 Å². The van der Waals surface area contributed by atoms with Crippen LogP contribution in [0.1, 0.15) is 34.6 Å². The standard InChI is InChI=1S/C25H25NO/c27-25(23-16-15-19-9-7-8-14-22(19)17-23)26-18-24(20-10-3-1-4-11-20)21-12-5-2-6-13-21/h1-14,23-24H,15-18H2,(H,26,27). The van der Waals surface area contributed by atoms with Gasteiger partial charge in [0.25, 0.3) is 0 Å². The molecule has 2 heteroatoms. The third-order valence-electron chi connectivity index (χ3n) is 5.60. The SMILES string of the molecule is O=C(NCC(c1ccccc1)c1ccccc1)C1CCc2ccccc2C1. The molecule has 0 saturated carbocycles. The second-order valence-corrected chi connectivity index (χ2v) is 7.33. The predicted octanol–water partition coefficient (Wildman–Crippen LogP) is 4.74. The summed E-state index contributed by atoms with van der Waals surface area (Å²) in [6.45, 7) is 0.630. The van der Waals surface area contributed by atoms with Gasteiger partial charge in [-0.2, -0.15) is 0 Å². The van der Waals surface area contributed by atoms with E-state index in [4.69, 9.17) is 0 Å². The Balaban J connectivity index is 1.46. The van der Waals surface area contributed by atoms with Crippen LogP contribution in [0.3, 0.4) is 0 Å². The van der Waals surface area contributed by atoms with Crippen LogP contribution in [-0.2, 0) is 17.6 Å². The molecular formula is C25H25NO. The summed E-state index contributed by atoms with van der Waals surface area (Å²) < 4.78 is 0. The Bertz CT molecular complexity index is 849. The Labute approximate surface area is 161 Å². The van der Waals surface area contributed by atoms with Gasteiger partial charge in [0.15, 0.2) is 0 Å². The molecule has 1 aliphatic rings. The second-order valence-electron chi connectivity index (χ2n) is 7.33. The zero-order chi connectivity index (χ0) is 18.5. The average molecular weight is 355 g/mol. The number of amides is 1. The van der Waals surface area contributed by atoms with Crippen molar-refractivity contribution in [3.8, 4) is 0 Å². The maximum Gasteiger partial charge on any atom is 0.223 e. The van der Waals surface area contributed by atoms with E-state index in [1.807, 2.05) is 12.1 Å². The number of carbonyl (C=O) groups excluding carboxylic acids is 1. The highest BCUT2D eigenvalue weighted by molar-refractivity contribution is 5.79. The van der Waals surface area contributed by atoms with E-state index in [9.17, 15) is 4.79 Å². The highest BCUT2D eigenvalue weighted by atomic mass is 16.1. The summed E-state index contributed by atoms with van der Waals surface area (Å²) >= 11 is 0. The molecule has 136 valence electrons. The lowest BCUT2D eigenvalue weighted by Crippen LogP contribution is -2.36. The van der Waals surface area contributed by atoms with Gasteiger partial charge >= 0.3 is 0 Å². The summed E-state index contributed by atoms with van der Waals surface area (Å²) in [5.41, 5.74) is 5.19. The lowest BCUT2D eigenvalue weighted by atomic mass is 9.83. The van der Waals surface area contributed by atoms with Gasteiger partial charge < -0.3 is 5.32 Å². The van der Waals surface area contributed by atoms with E-state index in [0.717, 1.165) is 19.3 Å². The first kappa shape index (κ1) is 17.5. The Hall–Kier alpha value is -2.87. The highest BCUT2D eigenvalue weighted by Crippen LogP contribution is 2.27. The van der Waals surface area contributed by atoms with Gasteiger partial charge in [0.2, 0.25) is 5.91 Å². The van der Waals surface area contributed by atoms with Crippen LogP contribution < -0.4 is 5.32 Å². The van der Waals surface area contributed by atoms with Crippen molar-refractivity contribution in [3.05, 3.63) is 107 Å². The number of hydrogen-bond donors (Lipinski definition) is 1. The molecule has 0 saturated heterocycles. The lowest BCUT2D eigenvalue weighted by molar-refractivity contribution is -0.125. The Morgan fingerprint density at radius 3 is 2.00 bits per heavy atom. The van der Waals surface area contributed by atoms with E-state index in [1.54, 1.807) is 0 Å². The molecular weight excluding hydrogens is 330 g/mol. The average Bonchev–Trinajstić information content (AvgIpc) is 2.75. The lowest BCUT2D eigenvalue weighted by Gasteiger charge is -2.25. The van der Waals surface area contributed by atoms with Crippen molar-refractivity contribution >= 4 is 5.91 Å². The van der Waals surface area contributed by atoms with Gasteiger partial charge in [-0.05, 0) is 41.5 Å². The number of benzene rings is 3. The van der Waals surface area contributed by atoms with Crippen molar-refractivity contribution in [1.82, 2.24) is 5.32 Å². The minimum atomic E-state index is 0.0760. The van der Waals surface area contributed by atoms with E-state index in [0.29, 0.717) is 6.54 Å². The van der Waals surface area contributed by atoms with Crippen LogP contribution in [0.15, 0.2) is 84.9 Å². The zero-order valence-electron chi connectivity index (χ0n) is 15.5. The van der Waals surface area contributed by atoms with Crippen LogP contribution in [0.4, 0.5) is 0 Å². The minimum absolute atomic E-state index is 0.0760. The second kappa shape index (κ2) is 8.22. The van der Waals surface area contributed by atoms with E-state index >= 15 is 0 Å². The zero-order valence-corrected chi connectivity index (χ0v) is 15.5. The Kier molecular flexibility index (Phi) is 5.34. The molecule has 1 unspecified atom stereocenters. The monoisotopic (exact) mass is 355 g/mol. The fraction of sp³-hybridized carbons (Fsp3) is 0.240. The van der Waals surface area contributed by atoms with E-state index in [2.05, 4.69) is 78.1 Å². The topological polar surface area (TPSA) is 29.1 Å². The first-order chi connectivity index (χ1) is 13.3. The minimum Gasteiger partial charge on any atom is -0.355 e. The number of nitrogens with one attached hydrogen (secondary N) is 1. The number of fused-ring (bicyclic) bond motifs is 1. The molecule has 0 fully saturated rings. The molecule has 0 radical (unpaired) electrons. The summed E-state index contributed by atoms with van der Waals surface area (Å²) in [4.78, 5) is 12.9. The molecule has 1 aliphatic carbocycles. The first-order valence-corrected chi connectivity index (χ1v) is 9.75. The number of rotatable bonds is 5. The molecule has 1 amide bonds. The van der Waals surface area contributed by atoms with E-state index < -0.39 is 0 Å². The van der Waals surface area contributed by atoms with Gasteiger partial charge in [0, 0.05) is 18.4 Å². The van der Waals surface area contributed by atoms with Gasteiger partial charge in [-0.25, -0.2) is 0 Å². The van der Waals surface area contributed by atoms with Crippen LogP contribution in [-0.4, -0.2) is 12.5 Å². The van der Waals surface area contributed by atoms with Crippen LogP contribution in [0, 0.1) is 5.92 Å². The quantitative estimate of drug-likeness (QED) is 0.704. The molecule has 2 nitrogen and oxygen atoms in total. The van der Waals surface area contributed by atoms with Gasteiger partial charge in [0.1, 0.15) is 0 Å². The van der Waals surface area contributed by atoms with Crippen molar-refractivity contribution in [2.75, 3.05) is 6.54 Å². The van der Waals surface area contributed by atoms with Crippen LogP contribution in [0.25, 0.3) is 0 Å². The fourth-order valence-electron chi connectivity index (χ4n) is 4.07. The van der Waals surface area contributed by atoms with Gasteiger partial charge in [-0.3, -0.25) is 4.79 Å². The summed E-state index contributed by atoms with van der Waals surface area (Å²) in [7, 11) is 0. The van der Waals surface area contributed by atoms with Crippen molar-refractivity contribution in [2.45, 2.75) is 25.2 Å². The maximum atomic E-state index is 12.9. The summed E-state index contributed by atoms with van der Waals surface area (Å²) in [6, 6.07) is 29.4. The van der Waals surface area contributed by atoms with E-state index in [-0.39, 0.29) is 17.7 Å². The normalized spacial score (nSPS) is 16.0. The number of hydrogen-bond acceptors (Lipinski definition) is 1. The molecule has 0 aliphatic heterocycles. The van der Waals surface area contributed by atoms with Gasteiger partial charge in [-0.1, -0.05) is 84.9 Å². The highest BCUT2D eigenvalue weighted by Gasteiger charge is 2.25. The van der Waals surface area contributed by atoms with Crippen LogP contribution >= 0.6 is 0 Å². The molecule has 4 rings (SSSR count). The summed E-state index contributed by atoms with van der Waals surface area (Å²) in [6.07, 6.45) is 2.78. The maximum absolute atomic E-state index is 12.9. The third-order valence-corrected chi connectivity index (χ3v) is 5.60. The van der Waals surface area contributed by atoms with Crippen molar-refractivity contribution in [2.24, 2.45) is 5.92 Å². The molecule has 3 aromatic carbocycles. The fourth-order valence-corrected chi connectivity index (χ4v) is 4.07. The van der Waals surface area contributed by atoms with Gasteiger partial charge in [-0.15, -0.1) is 0 Å². The Morgan fingerprint density at radius 1 is 0.815 bits per heavy atom. The summed E-state index contributed by atoms with van der Waals surface area (Å²) in [5.74, 6) is 0.431. The predicted molar refractivity (Wildman–Crippen MR) is 110 cm³/mol. The molecule has 0 aromatic heterocycles. The molecule has 1 atom stereocenters. The van der Waals surface area contributed by atoms with Crippen molar-refractivity contribution in [1.29, 1.82) is 0 Å².